The van der Waals surface area contributed by atoms with E-state index in [0.717, 1.165) is 5.76 Å². The summed E-state index contributed by atoms with van der Waals surface area (Å²) in [6.45, 7) is 8.24. The molecule has 4 atom stereocenters. The summed E-state index contributed by atoms with van der Waals surface area (Å²) in [6, 6.07) is 0. The fourth-order valence-corrected chi connectivity index (χ4v) is 3.25. The van der Waals surface area contributed by atoms with E-state index in [9.17, 15) is 4.79 Å². The molecule has 2 aliphatic heterocycles. The van der Waals surface area contributed by atoms with Crippen LogP contribution in [0.5, 0.6) is 0 Å². The number of ether oxygens (including phenoxy) is 3. The van der Waals surface area contributed by atoms with Gasteiger partial charge in [0.2, 0.25) is 0 Å². The van der Waals surface area contributed by atoms with Crippen molar-refractivity contribution in [3.8, 4) is 0 Å². The third-order valence-corrected chi connectivity index (χ3v) is 4.02. The third kappa shape index (κ3) is 2.11. The van der Waals surface area contributed by atoms with Gasteiger partial charge in [0.15, 0.2) is 5.78 Å². The molecule has 0 amide bonds. The van der Waals surface area contributed by atoms with Gasteiger partial charge >= 0.3 is 0 Å². The smallest absolute Gasteiger partial charge is 0.171 e. The van der Waals surface area contributed by atoms with E-state index in [2.05, 4.69) is 6.08 Å². The predicted octanol–water partition coefficient (Wildman–Crippen LogP) is 2.24. The Morgan fingerprint density at radius 1 is 1.10 bits per heavy atom. The number of fused-ring (bicyclic) bond motifs is 5. The molecule has 0 radical (unpaired) electrons. The molecular weight excluding hydrogens is 256 g/mol. The number of carbonyl (C=O) groups excluding carboxylic acids is 1. The molecule has 2 heterocycles. The molecule has 4 heteroatoms. The van der Waals surface area contributed by atoms with Gasteiger partial charge in [0.25, 0.3) is 0 Å². The molecule has 1 fully saturated rings. The van der Waals surface area contributed by atoms with Crippen molar-refractivity contribution in [3.05, 3.63) is 23.5 Å². The number of ketones is 1. The standard InChI is InChI=1S/C16H22O4/c1-8(2)18-7-10-15(17)13-11-5-6-12(20-11)14(13)16(10)19-9(3)4/h5-6,8-9,11-14H,7H2,1-4H3/t11-,12+,13-,14+/m0/s1. The number of rotatable bonds is 5. The first-order valence-corrected chi connectivity index (χ1v) is 7.38. The summed E-state index contributed by atoms with van der Waals surface area (Å²) in [4.78, 5) is 12.6. The van der Waals surface area contributed by atoms with Gasteiger partial charge in [-0.25, -0.2) is 0 Å². The van der Waals surface area contributed by atoms with Gasteiger partial charge in [-0.3, -0.25) is 4.79 Å². The van der Waals surface area contributed by atoms with E-state index in [0.29, 0.717) is 12.2 Å². The second kappa shape index (κ2) is 5.01. The summed E-state index contributed by atoms with van der Waals surface area (Å²) in [7, 11) is 0. The SMILES string of the molecule is CC(C)OCC1=C(OC(C)C)[C@H]2[C@@H](C1=O)[C@@H]1C=C[C@H]2O1. The van der Waals surface area contributed by atoms with Crippen LogP contribution >= 0.6 is 0 Å². The Morgan fingerprint density at radius 3 is 2.35 bits per heavy atom. The number of hydrogen-bond donors (Lipinski definition) is 0. The molecule has 0 spiro atoms. The predicted molar refractivity (Wildman–Crippen MR) is 74.1 cm³/mol. The first-order chi connectivity index (χ1) is 9.49. The van der Waals surface area contributed by atoms with Crippen molar-refractivity contribution in [1.29, 1.82) is 0 Å². The molecule has 0 aromatic carbocycles. The molecule has 20 heavy (non-hydrogen) atoms. The Kier molecular flexibility index (Phi) is 3.46. The molecule has 0 aromatic rings. The minimum atomic E-state index is -0.107. The summed E-state index contributed by atoms with van der Waals surface area (Å²) in [5.74, 6) is 0.880. The van der Waals surface area contributed by atoms with E-state index >= 15 is 0 Å². The van der Waals surface area contributed by atoms with Crippen LogP contribution in [0.25, 0.3) is 0 Å². The Bertz CT molecular complexity index is 475. The summed E-state index contributed by atoms with van der Waals surface area (Å²) in [5.41, 5.74) is 0.712. The molecule has 2 bridgehead atoms. The van der Waals surface area contributed by atoms with Gasteiger partial charge in [-0.2, -0.15) is 0 Å². The maximum Gasteiger partial charge on any atom is 0.171 e. The lowest BCUT2D eigenvalue weighted by Crippen LogP contribution is -2.27. The Morgan fingerprint density at radius 2 is 1.75 bits per heavy atom. The van der Waals surface area contributed by atoms with Crippen molar-refractivity contribution in [2.45, 2.75) is 52.1 Å². The van der Waals surface area contributed by atoms with Gasteiger partial charge in [0.1, 0.15) is 5.76 Å². The summed E-state index contributed by atoms with van der Waals surface area (Å²) in [6.07, 6.45) is 4.10. The second-order valence-corrected chi connectivity index (χ2v) is 6.24. The van der Waals surface area contributed by atoms with E-state index in [-0.39, 0.29) is 42.0 Å². The fourth-order valence-electron chi connectivity index (χ4n) is 3.25. The largest absolute Gasteiger partial charge is 0.494 e. The van der Waals surface area contributed by atoms with E-state index in [1.165, 1.54) is 0 Å². The minimum Gasteiger partial charge on any atom is -0.494 e. The zero-order valence-electron chi connectivity index (χ0n) is 12.5. The lowest BCUT2D eigenvalue weighted by molar-refractivity contribution is -0.120. The van der Waals surface area contributed by atoms with E-state index in [1.54, 1.807) is 0 Å². The Balaban J connectivity index is 1.89. The van der Waals surface area contributed by atoms with Crippen molar-refractivity contribution in [3.63, 3.8) is 0 Å². The van der Waals surface area contributed by atoms with Gasteiger partial charge in [0.05, 0.1) is 48.4 Å². The lowest BCUT2D eigenvalue weighted by Gasteiger charge is -2.21. The van der Waals surface area contributed by atoms with Gasteiger partial charge in [0, 0.05) is 0 Å². The number of Topliss-reactive ketones (excluding diaryl/α,β-unsaturated/α-hetero) is 1. The van der Waals surface area contributed by atoms with Gasteiger partial charge in [-0.15, -0.1) is 0 Å². The molecule has 0 saturated carbocycles. The van der Waals surface area contributed by atoms with Crippen LogP contribution in [0.15, 0.2) is 23.5 Å². The third-order valence-electron chi connectivity index (χ3n) is 4.02. The first kappa shape index (κ1) is 13.8. The summed E-state index contributed by atoms with van der Waals surface area (Å²) in [5, 5.41) is 0. The van der Waals surface area contributed by atoms with Crippen LogP contribution < -0.4 is 0 Å². The van der Waals surface area contributed by atoms with E-state index in [4.69, 9.17) is 14.2 Å². The lowest BCUT2D eigenvalue weighted by atomic mass is 9.84. The highest BCUT2D eigenvalue weighted by Gasteiger charge is 2.57. The van der Waals surface area contributed by atoms with Crippen LogP contribution in [0.2, 0.25) is 0 Å². The second-order valence-electron chi connectivity index (χ2n) is 6.24. The van der Waals surface area contributed by atoms with Gasteiger partial charge in [-0.1, -0.05) is 12.2 Å². The van der Waals surface area contributed by atoms with Crippen molar-refractivity contribution < 1.29 is 19.0 Å². The molecule has 0 N–H and O–H groups in total. The van der Waals surface area contributed by atoms with Crippen LogP contribution in [0, 0.1) is 11.8 Å². The topological polar surface area (TPSA) is 44.8 Å². The van der Waals surface area contributed by atoms with Crippen LogP contribution in [0.4, 0.5) is 0 Å². The molecule has 0 unspecified atom stereocenters. The Labute approximate surface area is 119 Å². The molecule has 4 nitrogen and oxygen atoms in total. The average Bonchev–Trinajstić information content (AvgIpc) is 3.01. The Hall–Kier alpha value is -1.13. The summed E-state index contributed by atoms with van der Waals surface area (Å²) < 4.78 is 17.4. The highest BCUT2D eigenvalue weighted by molar-refractivity contribution is 6.02. The molecular formula is C16H22O4. The van der Waals surface area contributed by atoms with Crippen LogP contribution in [0.1, 0.15) is 27.7 Å². The first-order valence-electron chi connectivity index (χ1n) is 7.38. The highest BCUT2D eigenvalue weighted by Crippen LogP contribution is 2.50. The van der Waals surface area contributed by atoms with Crippen molar-refractivity contribution in [2.75, 3.05) is 6.61 Å². The quantitative estimate of drug-likeness (QED) is 0.724. The number of carbonyl (C=O) groups is 1. The molecule has 110 valence electrons. The van der Waals surface area contributed by atoms with Crippen molar-refractivity contribution >= 4 is 5.78 Å². The maximum atomic E-state index is 12.6. The van der Waals surface area contributed by atoms with Crippen LogP contribution in [-0.2, 0) is 19.0 Å². The van der Waals surface area contributed by atoms with E-state index in [1.807, 2.05) is 33.8 Å². The minimum absolute atomic E-state index is 0.0146. The highest BCUT2D eigenvalue weighted by atomic mass is 16.5. The van der Waals surface area contributed by atoms with Crippen LogP contribution in [-0.4, -0.2) is 36.8 Å². The monoisotopic (exact) mass is 278 g/mol. The number of hydrogen-bond acceptors (Lipinski definition) is 4. The normalized spacial score (nSPS) is 34.8. The maximum absolute atomic E-state index is 12.6. The zero-order valence-corrected chi connectivity index (χ0v) is 12.5. The summed E-state index contributed by atoms with van der Waals surface area (Å²) >= 11 is 0. The average molecular weight is 278 g/mol. The van der Waals surface area contributed by atoms with Crippen molar-refractivity contribution in [1.82, 2.24) is 0 Å². The molecule has 3 rings (SSSR count). The molecule has 1 saturated heterocycles. The van der Waals surface area contributed by atoms with Crippen molar-refractivity contribution in [2.24, 2.45) is 11.8 Å². The zero-order chi connectivity index (χ0) is 14.4. The van der Waals surface area contributed by atoms with Crippen LogP contribution in [0.3, 0.4) is 0 Å². The molecule has 3 aliphatic rings. The van der Waals surface area contributed by atoms with E-state index < -0.39 is 0 Å². The fraction of sp³-hybridized carbons (Fsp3) is 0.688. The van der Waals surface area contributed by atoms with Gasteiger partial charge in [-0.05, 0) is 27.7 Å². The van der Waals surface area contributed by atoms with Gasteiger partial charge < -0.3 is 14.2 Å². The molecule has 0 aromatic heterocycles. The molecule has 1 aliphatic carbocycles.